The van der Waals surface area contributed by atoms with E-state index < -0.39 is 5.82 Å². The van der Waals surface area contributed by atoms with Gasteiger partial charge < -0.3 is 15.0 Å². The summed E-state index contributed by atoms with van der Waals surface area (Å²) in [4.78, 5) is 25.5. The van der Waals surface area contributed by atoms with Gasteiger partial charge >= 0.3 is 12.0 Å². The van der Waals surface area contributed by atoms with Crippen molar-refractivity contribution in [3.63, 3.8) is 0 Å². The molecule has 1 aromatic carbocycles. The first-order chi connectivity index (χ1) is 10.5. The number of urea groups is 1. The quantitative estimate of drug-likeness (QED) is 0.866. The van der Waals surface area contributed by atoms with Crippen molar-refractivity contribution in [2.75, 3.05) is 25.0 Å². The number of rotatable bonds is 3. The van der Waals surface area contributed by atoms with Crippen molar-refractivity contribution >= 4 is 29.3 Å². The van der Waals surface area contributed by atoms with Gasteiger partial charge in [0.2, 0.25) is 0 Å². The molecule has 1 aliphatic heterocycles. The van der Waals surface area contributed by atoms with Gasteiger partial charge in [-0.15, -0.1) is 0 Å². The van der Waals surface area contributed by atoms with E-state index >= 15 is 0 Å². The number of ether oxygens (including phenoxy) is 1. The summed E-state index contributed by atoms with van der Waals surface area (Å²) in [5.41, 5.74) is 0.412. The molecular weight excluding hydrogens is 311 g/mol. The van der Waals surface area contributed by atoms with Gasteiger partial charge in [0.1, 0.15) is 5.82 Å². The first kappa shape index (κ1) is 16.5. The number of benzene rings is 1. The lowest BCUT2D eigenvalue weighted by atomic mass is 9.98. The summed E-state index contributed by atoms with van der Waals surface area (Å²) in [5, 5.41) is 2.60. The van der Waals surface area contributed by atoms with Crippen LogP contribution < -0.4 is 5.32 Å². The van der Waals surface area contributed by atoms with Gasteiger partial charge in [-0.3, -0.25) is 4.79 Å². The number of likely N-dealkylation sites (tertiary alicyclic amines) is 1. The number of piperidine rings is 1. The van der Waals surface area contributed by atoms with Gasteiger partial charge in [-0.1, -0.05) is 11.6 Å². The molecule has 120 valence electrons. The van der Waals surface area contributed by atoms with Crippen molar-refractivity contribution in [1.29, 1.82) is 0 Å². The molecule has 22 heavy (non-hydrogen) atoms. The predicted molar refractivity (Wildman–Crippen MR) is 81.4 cm³/mol. The lowest BCUT2D eigenvalue weighted by Gasteiger charge is -2.31. The highest BCUT2D eigenvalue weighted by molar-refractivity contribution is 6.31. The number of hydrogen-bond acceptors (Lipinski definition) is 3. The highest BCUT2D eigenvalue weighted by Crippen LogP contribution is 2.22. The van der Waals surface area contributed by atoms with Gasteiger partial charge in [0.05, 0.1) is 17.5 Å². The van der Waals surface area contributed by atoms with Gasteiger partial charge in [-0.05, 0) is 38.0 Å². The third-order valence-corrected chi connectivity index (χ3v) is 3.79. The van der Waals surface area contributed by atoms with Crippen LogP contribution in [0.15, 0.2) is 18.2 Å². The molecule has 0 spiro atoms. The molecule has 1 aromatic rings. The number of anilines is 1. The van der Waals surface area contributed by atoms with Crippen molar-refractivity contribution < 1.29 is 18.7 Å². The number of nitrogens with zero attached hydrogens (tertiary/aromatic N) is 1. The zero-order valence-corrected chi connectivity index (χ0v) is 13.0. The maximum absolute atomic E-state index is 13.1. The fourth-order valence-electron chi connectivity index (χ4n) is 2.39. The van der Waals surface area contributed by atoms with Crippen LogP contribution in [0.1, 0.15) is 19.8 Å². The number of amides is 2. The van der Waals surface area contributed by atoms with E-state index in [4.69, 9.17) is 16.3 Å². The molecule has 0 radical (unpaired) electrons. The Morgan fingerprint density at radius 2 is 2.27 bits per heavy atom. The number of hydrogen-bond donors (Lipinski definition) is 1. The molecule has 1 aliphatic rings. The van der Waals surface area contributed by atoms with Gasteiger partial charge in [-0.25, -0.2) is 9.18 Å². The molecule has 0 bridgehead atoms. The smallest absolute Gasteiger partial charge is 0.321 e. The minimum absolute atomic E-state index is 0.0548. The van der Waals surface area contributed by atoms with Crippen molar-refractivity contribution in [1.82, 2.24) is 4.90 Å². The summed E-state index contributed by atoms with van der Waals surface area (Å²) in [6.07, 6.45) is 1.45. The topological polar surface area (TPSA) is 58.6 Å². The molecule has 1 N–H and O–H groups in total. The maximum Gasteiger partial charge on any atom is 0.321 e. The van der Waals surface area contributed by atoms with Crippen LogP contribution in [0.4, 0.5) is 14.9 Å². The molecule has 2 rings (SSSR count). The molecular formula is C15H18ClFN2O3. The van der Waals surface area contributed by atoms with Crippen LogP contribution in [-0.2, 0) is 9.53 Å². The van der Waals surface area contributed by atoms with E-state index in [2.05, 4.69) is 5.32 Å². The molecule has 5 nitrogen and oxygen atoms in total. The fraction of sp³-hybridized carbons (Fsp3) is 0.467. The normalized spacial score (nSPS) is 18.0. The third-order valence-electron chi connectivity index (χ3n) is 3.50. The summed E-state index contributed by atoms with van der Waals surface area (Å²) in [6, 6.07) is 3.64. The van der Waals surface area contributed by atoms with E-state index in [1.165, 1.54) is 18.2 Å². The van der Waals surface area contributed by atoms with Crippen LogP contribution >= 0.6 is 11.6 Å². The lowest BCUT2D eigenvalue weighted by Crippen LogP contribution is -2.44. The van der Waals surface area contributed by atoms with Crippen molar-refractivity contribution in [3.8, 4) is 0 Å². The molecule has 1 heterocycles. The Morgan fingerprint density at radius 3 is 2.95 bits per heavy atom. The Morgan fingerprint density at radius 1 is 1.50 bits per heavy atom. The molecule has 1 fully saturated rings. The zero-order chi connectivity index (χ0) is 16.1. The standard InChI is InChI=1S/C15H18ClFN2O3/c1-2-22-14(20)10-4-3-7-19(9-10)15(21)18-11-5-6-13(17)12(16)8-11/h5-6,8,10H,2-4,7,9H2,1H3,(H,18,21)/t10-/m0/s1. The van der Waals surface area contributed by atoms with Crippen LogP contribution in [0, 0.1) is 11.7 Å². The minimum atomic E-state index is -0.542. The van der Waals surface area contributed by atoms with E-state index in [-0.39, 0.29) is 22.9 Å². The van der Waals surface area contributed by atoms with E-state index in [9.17, 15) is 14.0 Å². The third kappa shape index (κ3) is 4.10. The highest BCUT2D eigenvalue weighted by Gasteiger charge is 2.29. The number of esters is 1. The molecule has 1 saturated heterocycles. The summed E-state index contributed by atoms with van der Waals surface area (Å²) in [6.45, 7) is 2.97. The van der Waals surface area contributed by atoms with Crippen LogP contribution in [0.2, 0.25) is 5.02 Å². The van der Waals surface area contributed by atoms with Gasteiger partial charge in [0, 0.05) is 18.8 Å². The first-order valence-electron chi connectivity index (χ1n) is 7.19. The highest BCUT2D eigenvalue weighted by atomic mass is 35.5. The van der Waals surface area contributed by atoms with Crippen molar-refractivity contribution in [2.24, 2.45) is 5.92 Å². The van der Waals surface area contributed by atoms with E-state index in [1.54, 1.807) is 11.8 Å². The Bertz CT molecular complexity index is 568. The first-order valence-corrected chi connectivity index (χ1v) is 7.56. The average molecular weight is 329 g/mol. The maximum atomic E-state index is 13.1. The second-order valence-corrected chi connectivity index (χ2v) is 5.50. The molecule has 7 heteroatoms. The van der Waals surface area contributed by atoms with E-state index in [1.807, 2.05) is 0 Å². The zero-order valence-electron chi connectivity index (χ0n) is 12.3. The average Bonchev–Trinajstić information content (AvgIpc) is 2.51. The molecule has 2 amide bonds. The van der Waals surface area contributed by atoms with Crippen molar-refractivity contribution in [2.45, 2.75) is 19.8 Å². The Hall–Kier alpha value is -1.82. The van der Waals surface area contributed by atoms with Gasteiger partial charge in [0.15, 0.2) is 0 Å². The second-order valence-electron chi connectivity index (χ2n) is 5.10. The molecule has 0 saturated carbocycles. The Labute approximate surface area is 133 Å². The Kier molecular flexibility index (Phi) is 5.60. The van der Waals surface area contributed by atoms with Gasteiger partial charge in [0.25, 0.3) is 0 Å². The summed E-state index contributed by atoms with van der Waals surface area (Å²) < 4.78 is 18.1. The summed E-state index contributed by atoms with van der Waals surface area (Å²) >= 11 is 5.68. The van der Waals surface area contributed by atoms with Gasteiger partial charge in [-0.2, -0.15) is 0 Å². The van der Waals surface area contributed by atoms with Crippen LogP contribution in [-0.4, -0.2) is 36.6 Å². The monoisotopic (exact) mass is 328 g/mol. The lowest BCUT2D eigenvalue weighted by molar-refractivity contribution is -0.149. The molecule has 0 aliphatic carbocycles. The minimum Gasteiger partial charge on any atom is -0.466 e. The van der Waals surface area contributed by atoms with Crippen molar-refractivity contribution in [3.05, 3.63) is 29.0 Å². The second kappa shape index (κ2) is 7.45. The van der Waals surface area contributed by atoms with Crippen LogP contribution in [0.25, 0.3) is 0 Å². The largest absolute Gasteiger partial charge is 0.466 e. The molecule has 0 aromatic heterocycles. The number of nitrogens with one attached hydrogen (secondary N) is 1. The summed E-state index contributed by atoms with van der Waals surface area (Å²) in [5.74, 6) is -1.11. The number of carbonyl (C=O) groups excluding carboxylic acids is 2. The fourth-order valence-corrected chi connectivity index (χ4v) is 2.57. The number of halogens is 2. The van der Waals surface area contributed by atoms with E-state index in [0.717, 1.165) is 6.42 Å². The van der Waals surface area contributed by atoms with Crippen LogP contribution in [0.3, 0.4) is 0 Å². The van der Waals surface area contributed by atoms with Crippen LogP contribution in [0.5, 0.6) is 0 Å². The summed E-state index contributed by atoms with van der Waals surface area (Å²) in [7, 11) is 0. The molecule has 0 unspecified atom stereocenters. The van der Waals surface area contributed by atoms with E-state index in [0.29, 0.717) is 31.8 Å². The number of carbonyl (C=O) groups is 2. The Balaban J connectivity index is 1.96. The molecule has 1 atom stereocenters. The predicted octanol–water partition coefficient (Wildman–Crippen LogP) is 3.29. The SMILES string of the molecule is CCOC(=O)[C@H]1CCCN(C(=O)Nc2ccc(F)c(Cl)c2)C1.